The van der Waals surface area contributed by atoms with Crippen LogP contribution in [-0.4, -0.2) is 115 Å². The molecule has 6 heterocycles. The number of nitrogens with zero attached hydrogens (tertiary/aromatic N) is 7. The van der Waals surface area contributed by atoms with Crippen LogP contribution in [-0.2, 0) is 36.9 Å². The highest BCUT2D eigenvalue weighted by atomic mass is 31.2. The fourth-order valence-electron chi connectivity index (χ4n) is 5.22. The van der Waals surface area contributed by atoms with E-state index in [2.05, 4.69) is 19.9 Å². The van der Waals surface area contributed by atoms with Crippen LogP contribution in [0, 0.1) is 0 Å². The van der Waals surface area contributed by atoms with Crippen LogP contribution in [0.1, 0.15) is 12.5 Å². The van der Waals surface area contributed by atoms with Crippen molar-refractivity contribution in [1.82, 2.24) is 38.4 Å². The number of aliphatic hydroxyl groups is 2. The molecule has 0 aromatic carbocycles. The Morgan fingerprint density at radius 3 is 2.42 bits per heavy atom. The first-order chi connectivity index (χ1) is 22.8. The van der Waals surface area contributed by atoms with Gasteiger partial charge in [-0.3, -0.25) is 32.5 Å². The average molecular weight is 717 g/mol. The summed E-state index contributed by atoms with van der Waals surface area (Å²) in [6.45, 7) is -1.51. The summed E-state index contributed by atoms with van der Waals surface area (Å²) in [5, 5.41) is 21.0. The van der Waals surface area contributed by atoms with Crippen LogP contribution in [0.4, 0.5) is 5.82 Å². The largest absolute Gasteiger partial charge is 0.472 e. The maximum Gasteiger partial charge on any atom is 0.472 e. The maximum atomic E-state index is 13.3. The van der Waals surface area contributed by atoms with Gasteiger partial charge in [-0.05, 0) is 0 Å². The number of fused-ring (bicyclic) bond motifs is 1. The van der Waals surface area contributed by atoms with Crippen LogP contribution >= 0.6 is 15.6 Å². The zero-order chi connectivity index (χ0) is 34.4. The van der Waals surface area contributed by atoms with E-state index in [0.717, 1.165) is 27.5 Å². The number of H-pyrrole nitrogens is 1. The highest BCUT2D eigenvalue weighted by Crippen LogP contribution is 2.51. The van der Waals surface area contributed by atoms with E-state index in [1.807, 2.05) is 4.98 Å². The monoisotopic (exact) mass is 717 g/mol. The third kappa shape index (κ3) is 6.63. The van der Waals surface area contributed by atoms with Gasteiger partial charge in [-0.2, -0.15) is 0 Å². The highest BCUT2D eigenvalue weighted by Gasteiger charge is 2.52. The van der Waals surface area contributed by atoms with Crippen molar-refractivity contribution in [3.63, 3.8) is 0 Å². The van der Waals surface area contributed by atoms with Crippen LogP contribution in [0.25, 0.3) is 11.2 Å². The van der Waals surface area contributed by atoms with E-state index >= 15 is 0 Å². The number of nitrogen functional groups attached to an aromatic ring is 1. The van der Waals surface area contributed by atoms with Gasteiger partial charge in [-0.1, -0.05) is 0 Å². The maximum absolute atomic E-state index is 13.3. The lowest BCUT2D eigenvalue weighted by atomic mass is 10.1. The zero-order valence-electron chi connectivity index (χ0n) is 24.5. The molecule has 0 spiro atoms. The first-order valence-corrected chi connectivity index (χ1v) is 16.9. The van der Waals surface area contributed by atoms with E-state index < -0.39 is 89.1 Å². The number of nitrogens with one attached hydrogen (secondary N) is 1. The van der Waals surface area contributed by atoms with Gasteiger partial charge in [0.25, 0.3) is 5.56 Å². The number of imidazole rings is 2. The Morgan fingerprint density at radius 1 is 0.958 bits per heavy atom. The number of aromatic nitrogens is 8. The molecule has 23 nitrogen and oxygen atoms in total. The van der Waals surface area contributed by atoms with Gasteiger partial charge >= 0.3 is 21.3 Å². The molecule has 10 atom stereocenters. The van der Waals surface area contributed by atoms with Crippen molar-refractivity contribution < 1.29 is 56.9 Å². The van der Waals surface area contributed by atoms with Gasteiger partial charge < -0.3 is 39.9 Å². The third-order valence-corrected chi connectivity index (χ3v) is 9.82. The van der Waals surface area contributed by atoms with Crippen molar-refractivity contribution in [1.29, 1.82) is 0 Å². The standard InChI is InChI=1S/C23H29N9O14P2/c1-41-18-17(46-48(39,40)43-6-11-15(34)16(35)21(44-11)31-4-2-13(33)29-23(31)36)12(7-42-47(37,38)30-5-3-25-9-30)45-22(18)32-10-28-14-19(24)26-8-27-20(14)32/h2-5,8-12,15-18,21-22,34-35H,6-7H2,1H3,(H,37,38)(H,39,40)(H2,24,26,27)(H,29,33,36)/t11-,12-,15-,16-,17-,18-,21-,22-/m1/s1. The number of aromatic amines is 1. The SMILES string of the molecule is CO[C@@H]1[C@H](OP(=O)(O)OC[C@H]2O[C@@H](n3ccc(=O)[nH]c3=O)[C@H](O)[C@@H]2O)[C@@H](COP(=O)(O)n2ccnc2)O[C@H]1n1cnc2c(N)ncnc21. The molecule has 2 fully saturated rings. The van der Waals surface area contributed by atoms with Crippen molar-refractivity contribution in [3.8, 4) is 0 Å². The number of phosphoric acid groups is 1. The molecular formula is C23H29N9O14P2. The normalized spacial score (nSPS) is 30.0. The number of phosphoric ester groups is 1. The molecular weight excluding hydrogens is 688 g/mol. The van der Waals surface area contributed by atoms with Crippen LogP contribution in [0.2, 0.25) is 0 Å². The number of anilines is 1. The van der Waals surface area contributed by atoms with Crippen molar-refractivity contribution in [3.05, 3.63) is 64.5 Å². The molecule has 25 heteroatoms. The summed E-state index contributed by atoms with van der Waals surface area (Å²) in [7, 11) is -8.39. The summed E-state index contributed by atoms with van der Waals surface area (Å²) in [5.41, 5.74) is 4.67. The summed E-state index contributed by atoms with van der Waals surface area (Å²) in [5.74, 6) is 0.0577. The summed E-state index contributed by atoms with van der Waals surface area (Å²) in [6, 6.07) is 0.992. The van der Waals surface area contributed by atoms with Gasteiger partial charge in [0.1, 0.15) is 54.8 Å². The minimum absolute atomic E-state index is 0.0577. The Bertz CT molecular complexity index is 1970. The predicted octanol–water partition coefficient (Wildman–Crippen LogP) is -2.15. The smallest absolute Gasteiger partial charge is 0.387 e. The molecule has 260 valence electrons. The number of nitrogens with two attached hydrogens (primary N) is 1. The molecule has 0 amide bonds. The van der Waals surface area contributed by atoms with Gasteiger partial charge in [0.15, 0.2) is 23.9 Å². The van der Waals surface area contributed by atoms with Crippen LogP contribution in [0.15, 0.2) is 53.2 Å². The lowest BCUT2D eigenvalue weighted by Gasteiger charge is -2.26. The van der Waals surface area contributed by atoms with E-state index in [9.17, 15) is 38.7 Å². The first kappa shape index (κ1) is 34.2. The second kappa shape index (κ2) is 13.3. The lowest BCUT2D eigenvalue weighted by molar-refractivity contribution is -0.0609. The number of hydrogen-bond acceptors (Lipinski definition) is 17. The second-order valence-corrected chi connectivity index (χ2v) is 13.6. The molecule has 2 unspecified atom stereocenters. The highest BCUT2D eigenvalue weighted by molar-refractivity contribution is 7.51. The fourth-order valence-corrected chi connectivity index (χ4v) is 7.07. The van der Waals surface area contributed by atoms with Gasteiger partial charge in [0, 0.05) is 31.8 Å². The molecule has 4 aromatic rings. The Balaban J connectivity index is 1.21. The molecule has 6 rings (SSSR count). The molecule has 0 radical (unpaired) electrons. The molecule has 2 aliphatic heterocycles. The molecule has 0 saturated carbocycles. The zero-order valence-corrected chi connectivity index (χ0v) is 26.3. The predicted molar refractivity (Wildman–Crippen MR) is 156 cm³/mol. The molecule has 2 aliphatic rings. The van der Waals surface area contributed by atoms with E-state index in [-0.39, 0.29) is 17.0 Å². The Morgan fingerprint density at radius 2 is 1.71 bits per heavy atom. The van der Waals surface area contributed by atoms with Crippen LogP contribution in [0.5, 0.6) is 0 Å². The molecule has 0 aliphatic carbocycles. The topological polar surface area (TPSA) is 313 Å². The van der Waals surface area contributed by atoms with Crippen molar-refractivity contribution in [2.45, 2.75) is 49.1 Å². The molecule has 7 N–H and O–H groups in total. The van der Waals surface area contributed by atoms with Crippen molar-refractivity contribution in [2.75, 3.05) is 26.1 Å². The third-order valence-electron chi connectivity index (χ3n) is 7.53. The Hall–Kier alpha value is -3.70. The van der Waals surface area contributed by atoms with E-state index in [1.165, 1.54) is 36.7 Å². The number of methoxy groups -OCH3 is 1. The van der Waals surface area contributed by atoms with Crippen molar-refractivity contribution in [2.24, 2.45) is 0 Å². The van der Waals surface area contributed by atoms with E-state index in [1.54, 1.807) is 0 Å². The quantitative estimate of drug-likeness (QED) is 0.0851. The van der Waals surface area contributed by atoms with E-state index in [4.69, 9.17) is 33.5 Å². The summed E-state index contributed by atoms with van der Waals surface area (Å²) >= 11 is 0. The second-order valence-electron chi connectivity index (χ2n) is 10.5. The Labute approximate surface area is 267 Å². The van der Waals surface area contributed by atoms with Crippen LogP contribution in [0.3, 0.4) is 0 Å². The summed E-state index contributed by atoms with van der Waals surface area (Å²) < 4.78 is 62.2. The minimum Gasteiger partial charge on any atom is -0.387 e. The summed E-state index contributed by atoms with van der Waals surface area (Å²) in [4.78, 5) is 62.7. The van der Waals surface area contributed by atoms with Gasteiger partial charge in [-0.15, -0.1) is 0 Å². The molecule has 2 saturated heterocycles. The summed E-state index contributed by atoms with van der Waals surface area (Å²) in [6.07, 6.45) is -4.60. The van der Waals surface area contributed by atoms with Gasteiger partial charge in [0.2, 0.25) is 0 Å². The fraction of sp³-hybridized carbons (Fsp3) is 0.478. The van der Waals surface area contributed by atoms with Crippen molar-refractivity contribution >= 4 is 32.6 Å². The van der Waals surface area contributed by atoms with Crippen LogP contribution < -0.4 is 17.0 Å². The molecule has 48 heavy (non-hydrogen) atoms. The number of hydrogen-bond donors (Lipinski definition) is 6. The van der Waals surface area contributed by atoms with Gasteiger partial charge in [0.05, 0.1) is 19.5 Å². The van der Waals surface area contributed by atoms with E-state index in [0.29, 0.717) is 0 Å². The Kier molecular flexibility index (Phi) is 9.47. The molecule has 4 aromatic heterocycles. The van der Waals surface area contributed by atoms with Gasteiger partial charge in [-0.25, -0.2) is 38.2 Å². The molecule has 0 bridgehead atoms. The average Bonchev–Trinajstić information content (AvgIpc) is 3.83. The minimum atomic E-state index is -5.13. The lowest BCUT2D eigenvalue weighted by Crippen LogP contribution is -2.38. The number of ether oxygens (including phenoxy) is 3. The number of aliphatic hydroxyl groups excluding tert-OH is 2. The number of rotatable bonds is 12. The first-order valence-electron chi connectivity index (χ1n) is 13.9.